The van der Waals surface area contributed by atoms with E-state index >= 15 is 14.0 Å². The van der Waals surface area contributed by atoms with Gasteiger partial charge in [-0.3, -0.25) is 14.5 Å². The highest BCUT2D eigenvalue weighted by Crippen LogP contribution is 2.62. The number of anilines is 1. The van der Waals surface area contributed by atoms with Crippen LogP contribution in [0.5, 0.6) is 0 Å². The number of benzene rings is 4. The summed E-state index contributed by atoms with van der Waals surface area (Å²) in [6.45, 7) is 12.2. The maximum Gasteiger partial charge on any atom is 0.272 e. The van der Waals surface area contributed by atoms with E-state index in [1.165, 1.54) is 12.1 Å². The highest BCUT2D eigenvalue weighted by atomic mass is 35.5. The van der Waals surface area contributed by atoms with Crippen LogP contribution in [-0.4, -0.2) is 52.7 Å². The molecule has 2 saturated heterocycles. The number of hydrogen-bond acceptors (Lipinski definition) is 6. The first-order chi connectivity index (χ1) is 25.8. The number of ether oxygens (including phenoxy) is 2. The van der Waals surface area contributed by atoms with Gasteiger partial charge in [0.2, 0.25) is 11.8 Å². The highest BCUT2D eigenvalue weighted by Gasteiger charge is 2.70. The van der Waals surface area contributed by atoms with E-state index in [0.717, 1.165) is 5.57 Å². The average Bonchev–Trinajstić information content (AvgIpc) is 3.74. The summed E-state index contributed by atoms with van der Waals surface area (Å²) in [6.07, 6.45) is -0.561. The number of aliphatic hydroxyl groups excluding tert-OH is 1. The zero-order valence-corrected chi connectivity index (χ0v) is 31.5. The number of likely N-dealkylation sites (tertiary alicyclic amines) is 1. The molecule has 3 N–H and O–H groups in total. The number of carbonyl (C=O) groups is 2. The van der Waals surface area contributed by atoms with Crippen LogP contribution in [0.25, 0.3) is 0 Å². The van der Waals surface area contributed by atoms with E-state index in [9.17, 15) is 5.11 Å². The van der Waals surface area contributed by atoms with E-state index in [2.05, 4.69) is 23.8 Å². The van der Waals surface area contributed by atoms with Crippen LogP contribution < -0.4 is 10.6 Å². The third-order valence-electron chi connectivity index (χ3n) is 10.9. The van der Waals surface area contributed by atoms with Crippen LogP contribution in [-0.2, 0) is 24.5 Å². The van der Waals surface area contributed by atoms with Crippen LogP contribution in [0.4, 0.5) is 10.1 Å². The quantitative estimate of drug-likeness (QED) is 0.133. The second-order valence-electron chi connectivity index (χ2n) is 14.7. The second kappa shape index (κ2) is 14.9. The highest BCUT2D eigenvalue weighted by molar-refractivity contribution is 6.31. The van der Waals surface area contributed by atoms with Gasteiger partial charge in [0, 0.05) is 35.6 Å². The van der Waals surface area contributed by atoms with E-state index in [1.807, 2.05) is 85.5 Å². The molecule has 4 aromatic rings. The van der Waals surface area contributed by atoms with E-state index in [1.54, 1.807) is 18.2 Å². The van der Waals surface area contributed by atoms with Crippen molar-refractivity contribution in [1.29, 1.82) is 0 Å². The summed E-state index contributed by atoms with van der Waals surface area (Å²) in [4.78, 5) is 32.3. The van der Waals surface area contributed by atoms with Gasteiger partial charge in [-0.25, -0.2) is 4.39 Å². The lowest BCUT2D eigenvalue weighted by Gasteiger charge is -2.42. The smallest absolute Gasteiger partial charge is 0.272 e. The molecule has 4 aromatic carbocycles. The molecule has 54 heavy (non-hydrogen) atoms. The Bertz CT molecular complexity index is 2100. The molecule has 0 saturated carbocycles. The summed E-state index contributed by atoms with van der Waals surface area (Å²) in [6, 6.07) is 25.6. The zero-order valence-electron chi connectivity index (χ0n) is 30.0. The van der Waals surface area contributed by atoms with Gasteiger partial charge in [-0.2, -0.15) is 0 Å². The van der Waals surface area contributed by atoms with E-state index in [0.29, 0.717) is 39.4 Å². The Hall–Kier alpha value is -4.67. The van der Waals surface area contributed by atoms with Crippen molar-refractivity contribution in [1.82, 2.24) is 10.2 Å². The van der Waals surface area contributed by atoms with E-state index in [4.69, 9.17) is 32.7 Å². The maximum absolute atomic E-state index is 15.8. The second-order valence-corrected chi connectivity index (χ2v) is 15.5. The summed E-state index contributed by atoms with van der Waals surface area (Å²) >= 11 is 13.0. The van der Waals surface area contributed by atoms with Crippen molar-refractivity contribution in [3.63, 3.8) is 0 Å². The Morgan fingerprint density at radius 1 is 1.06 bits per heavy atom. The van der Waals surface area contributed by atoms with Crippen molar-refractivity contribution in [2.75, 3.05) is 18.5 Å². The predicted octanol–water partition coefficient (Wildman–Crippen LogP) is 8.38. The first kappa shape index (κ1) is 37.6. The minimum atomic E-state index is -1.60. The van der Waals surface area contributed by atoms with Crippen LogP contribution >= 0.6 is 23.2 Å². The minimum absolute atomic E-state index is 0.151. The largest absolute Gasteiger partial charge is 0.462 e. The fourth-order valence-electron chi connectivity index (χ4n) is 8.68. The number of hydrogen-bond donors (Lipinski definition) is 3. The summed E-state index contributed by atoms with van der Waals surface area (Å²) in [5.74, 6) is -2.27. The molecule has 11 heteroatoms. The van der Waals surface area contributed by atoms with Gasteiger partial charge in [0.1, 0.15) is 23.4 Å². The number of halogens is 3. The normalized spacial score (nSPS) is 25.8. The fraction of sp³-hybridized carbons (Fsp3) is 0.302. The molecule has 3 aliphatic heterocycles. The topological polar surface area (TPSA) is 100 Å². The van der Waals surface area contributed by atoms with Crippen molar-refractivity contribution in [2.45, 2.75) is 67.9 Å². The molecule has 1 spiro atoms. The molecule has 1 unspecified atom stereocenters. The molecule has 0 radical (unpaired) electrons. The van der Waals surface area contributed by atoms with Crippen molar-refractivity contribution in [3.8, 4) is 0 Å². The molecular weight excluding hydrogens is 728 g/mol. The molecule has 7 rings (SSSR count). The number of fused-ring (bicyclic) bond motifs is 2. The molecule has 7 atom stereocenters. The van der Waals surface area contributed by atoms with E-state index < -0.39 is 58.8 Å². The lowest BCUT2D eigenvalue weighted by Crippen LogP contribution is -2.52. The van der Waals surface area contributed by atoms with Crippen LogP contribution in [0.15, 0.2) is 122 Å². The van der Waals surface area contributed by atoms with E-state index in [-0.39, 0.29) is 30.5 Å². The molecule has 3 heterocycles. The van der Waals surface area contributed by atoms with Crippen LogP contribution in [0, 0.1) is 5.82 Å². The average molecular weight is 771 g/mol. The Balaban J connectivity index is 1.50. The Kier molecular flexibility index (Phi) is 10.4. The van der Waals surface area contributed by atoms with Gasteiger partial charge in [-0.15, -0.1) is 6.58 Å². The SMILES string of the molecule is C=C(C)C[C@H]1N([C@H](c2ccccc2)[C@@H](O)c2ccccc2)[C@@H](C(=O)NCC[C@@]2(C)COC(=C)O2)C(c2cccc(Cl)c2)[C@@]12C(=O)Nc1cc(Cl)c(F)cc12. The van der Waals surface area contributed by atoms with Crippen molar-refractivity contribution >= 4 is 40.7 Å². The van der Waals surface area contributed by atoms with Crippen LogP contribution in [0.1, 0.15) is 67.0 Å². The number of rotatable bonds is 11. The molecule has 3 aliphatic rings. The predicted molar refractivity (Wildman–Crippen MR) is 208 cm³/mol. The third kappa shape index (κ3) is 6.68. The number of carbonyl (C=O) groups excluding carboxylic acids is 2. The lowest BCUT2D eigenvalue weighted by molar-refractivity contribution is -0.129. The zero-order chi connectivity index (χ0) is 38.4. The van der Waals surface area contributed by atoms with Gasteiger partial charge < -0.3 is 25.2 Å². The summed E-state index contributed by atoms with van der Waals surface area (Å²) in [7, 11) is 0. The van der Waals surface area contributed by atoms with Crippen LogP contribution in [0.3, 0.4) is 0 Å². The number of aliphatic hydroxyl groups is 1. The first-order valence-electron chi connectivity index (χ1n) is 17.9. The summed E-state index contributed by atoms with van der Waals surface area (Å²) in [5, 5.41) is 19.0. The minimum Gasteiger partial charge on any atom is -0.462 e. The van der Waals surface area contributed by atoms with Gasteiger partial charge in [0.15, 0.2) is 0 Å². The summed E-state index contributed by atoms with van der Waals surface area (Å²) in [5.41, 5.74) is 1.02. The van der Waals surface area contributed by atoms with Crippen LogP contribution in [0.2, 0.25) is 10.0 Å². The third-order valence-corrected chi connectivity index (χ3v) is 11.4. The van der Waals surface area contributed by atoms with Crippen molar-refractivity contribution < 1.29 is 28.6 Å². The molecule has 0 aromatic heterocycles. The number of nitrogens with one attached hydrogen (secondary N) is 2. The molecule has 8 nitrogen and oxygen atoms in total. The standard InChI is InChI=1S/C43H42Cl2FN3O5/c1-25(2)20-35-43(31-22-33(46)32(45)23-34(31)48-41(43)52)36(29-16-11-17-30(44)21-29)38(40(51)47-19-18-42(4)24-53-26(3)54-42)49(35)37(27-12-7-5-8-13-27)39(50)28-14-9-6-10-15-28/h5-17,21-23,35-39,50H,1,3,18-20,24H2,2,4H3,(H,47,51)(H,48,52)/t35-,36?,37-,38-,39+,42+,43+/m1/s1. The van der Waals surface area contributed by atoms with Gasteiger partial charge in [0.25, 0.3) is 5.95 Å². The fourth-order valence-corrected chi connectivity index (χ4v) is 9.04. The van der Waals surface area contributed by atoms with Gasteiger partial charge >= 0.3 is 0 Å². The first-order valence-corrected chi connectivity index (χ1v) is 18.6. The number of nitrogens with zero attached hydrogens (tertiary/aromatic N) is 1. The Labute approximate surface area is 324 Å². The van der Waals surface area contributed by atoms with Crippen molar-refractivity contribution in [3.05, 3.63) is 160 Å². The van der Waals surface area contributed by atoms with Gasteiger partial charge in [-0.1, -0.05) is 102 Å². The molecule has 2 amide bonds. The Morgan fingerprint density at radius 2 is 1.74 bits per heavy atom. The monoisotopic (exact) mass is 769 g/mol. The molecule has 2 fully saturated rings. The molecular formula is C43H42Cl2FN3O5. The van der Waals surface area contributed by atoms with Gasteiger partial charge in [-0.05, 0) is 73.4 Å². The molecule has 0 bridgehead atoms. The van der Waals surface area contributed by atoms with Gasteiger partial charge in [0.05, 0.1) is 23.2 Å². The Morgan fingerprint density at radius 3 is 2.37 bits per heavy atom. The summed E-state index contributed by atoms with van der Waals surface area (Å²) < 4.78 is 27.1. The number of amides is 2. The molecule has 280 valence electrons. The lowest BCUT2D eigenvalue weighted by atomic mass is 9.63. The molecule has 0 aliphatic carbocycles. The van der Waals surface area contributed by atoms with Crippen molar-refractivity contribution in [2.24, 2.45) is 0 Å². The maximum atomic E-state index is 15.8.